The number of aliphatic hydroxyl groups excluding tert-OH is 1. The first-order valence-electron chi connectivity index (χ1n) is 9.63. The Morgan fingerprint density at radius 2 is 1.72 bits per heavy atom. The lowest BCUT2D eigenvalue weighted by Crippen LogP contribution is -2.58. The summed E-state index contributed by atoms with van der Waals surface area (Å²) in [4.78, 5) is 48.2. The quantitative estimate of drug-likeness (QED) is 0.114. The molecule has 4 unspecified atom stereocenters. The van der Waals surface area contributed by atoms with E-state index in [0.717, 1.165) is 6.42 Å². The average molecular weight is 434 g/mol. The molecule has 0 aromatic carbocycles. The van der Waals surface area contributed by atoms with Gasteiger partial charge in [-0.15, -0.1) is 0 Å². The third-order valence-corrected chi connectivity index (χ3v) is 4.93. The van der Waals surface area contributed by atoms with Crippen LogP contribution >= 0.6 is 12.6 Å². The first-order chi connectivity index (χ1) is 13.8. The van der Waals surface area contributed by atoms with Crippen LogP contribution in [0.2, 0.25) is 0 Å². The van der Waals surface area contributed by atoms with Crippen LogP contribution in [0.4, 0.5) is 0 Å². The molecule has 0 saturated carbocycles. The van der Waals surface area contributed by atoms with Crippen LogP contribution in [0.1, 0.15) is 32.1 Å². The summed E-state index contributed by atoms with van der Waals surface area (Å²) in [6.45, 7) is 0.467. The van der Waals surface area contributed by atoms with Crippen molar-refractivity contribution in [2.24, 2.45) is 5.73 Å². The molecular formula is C17H31N5O6S. The monoisotopic (exact) mass is 433 g/mol. The van der Waals surface area contributed by atoms with Crippen LogP contribution in [0.3, 0.4) is 0 Å². The van der Waals surface area contributed by atoms with Gasteiger partial charge in [0.05, 0.1) is 12.6 Å². The number of aliphatic hydroxyl groups is 1. The number of rotatable bonds is 13. The highest BCUT2D eigenvalue weighted by Gasteiger charge is 2.30. The molecule has 1 fully saturated rings. The van der Waals surface area contributed by atoms with Gasteiger partial charge in [0.1, 0.15) is 18.1 Å². The number of hydrogen-bond donors (Lipinski definition) is 8. The number of unbranched alkanes of at least 4 members (excludes halogenated alkanes) is 1. The van der Waals surface area contributed by atoms with E-state index < -0.39 is 54.5 Å². The van der Waals surface area contributed by atoms with E-state index in [1.54, 1.807) is 0 Å². The zero-order valence-corrected chi connectivity index (χ0v) is 17.1. The molecule has 1 aliphatic heterocycles. The maximum atomic E-state index is 12.4. The largest absolute Gasteiger partial charge is 0.480 e. The minimum atomic E-state index is -1.24. The maximum Gasteiger partial charge on any atom is 0.326 e. The fourth-order valence-corrected chi connectivity index (χ4v) is 3.12. The molecule has 0 bridgehead atoms. The molecule has 1 heterocycles. The van der Waals surface area contributed by atoms with Crippen molar-refractivity contribution in [2.75, 3.05) is 25.4 Å². The highest BCUT2D eigenvalue weighted by atomic mass is 32.1. The molecule has 0 aliphatic carbocycles. The van der Waals surface area contributed by atoms with Crippen LogP contribution in [0.25, 0.3) is 0 Å². The first-order valence-corrected chi connectivity index (χ1v) is 10.3. The summed E-state index contributed by atoms with van der Waals surface area (Å²) in [5, 5.41) is 28.9. The standard InChI is InChI=1S/C17H31N5O6S/c18-6-2-1-4-11(17(27)28)20-16(26)13(9-29)22-15(25)12(8-23)21-14(24)10-5-3-7-19-10/h10-13,19,23,29H,1-9,18H2,(H,20,26)(H,21,24)(H,22,25)(H,27,28). The molecule has 166 valence electrons. The summed E-state index contributed by atoms with van der Waals surface area (Å²) in [6.07, 6.45) is 2.83. The van der Waals surface area contributed by atoms with Gasteiger partial charge >= 0.3 is 5.97 Å². The van der Waals surface area contributed by atoms with Gasteiger partial charge in [0, 0.05) is 5.75 Å². The van der Waals surface area contributed by atoms with Crippen molar-refractivity contribution in [3.8, 4) is 0 Å². The Balaban J connectivity index is 2.62. The Morgan fingerprint density at radius 1 is 1.07 bits per heavy atom. The topological polar surface area (TPSA) is 183 Å². The molecule has 29 heavy (non-hydrogen) atoms. The summed E-state index contributed by atoms with van der Waals surface area (Å²) >= 11 is 4.03. The fraction of sp³-hybridized carbons (Fsp3) is 0.765. The molecule has 0 aromatic heterocycles. The molecule has 3 amide bonds. The smallest absolute Gasteiger partial charge is 0.326 e. The molecule has 1 aliphatic rings. The van der Waals surface area contributed by atoms with Gasteiger partial charge in [0.15, 0.2) is 0 Å². The number of carbonyl (C=O) groups is 4. The second-order valence-electron chi connectivity index (χ2n) is 6.82. The van der Waals surface area contributed by atoms with Gasteiger partial charge in [-0.2, -0.15) is 12.6 Å². The number of thiol groups is 1. The Morgan fingerprint density at radius 3 is 2.24 bits per heavy atom. The molecule has 8 N–H and O–H groups in total. The van der Waals surface area contributed by atoms with Crippen molar-refractivity contribution in [1.82, 2.24) is 21.3 Å². The summed E-state index contributed by atoms with van der Waals surface area (Å²) in [5.74, 6) is -3.17. The van der Waals surface area contributed by atoms with Crippen LogP contribution < -0.4 is 27.0 Å². The third-order valence-electron chi connectivity index (χ3n) is 4.57. The van der Waals surface area contributed by atoms with Gasteiger partial charge < -0.3 is 37.2 Å². The molecule has 11 nitrogen and oxygen atoms in total. The van der Waals surface area contributed by atoms with Crippen LogP contribution in [0.5, 0.6) is 0 Å². The second-order valence-corrected chi connectivity index (χ2v) is 7.19. The lowest BCUT2D eigenvalue weighted by atomic mass is 10.1. The van der Waals surface area contributed by atoms with E-state index in [1.165, 1.54) is 0 Å². The van der Waals surface area contributed by atoms with E-state index in [9.17, 15) is 29.4 Å². The van der Waals surface area contributed by atoms with Crippen molar-refractivity contribution in [1.29, 1.82) is 0 Å². The van der Waals surface area contributed by atoms with E-state index in [0.29, 0.717) is 32.4 Å². The minimum absolute atomic E-state index is 0.0943. The van der Waals surface area contributed by atoms with E-state index in [1.807, 2.05) is 0 Å². The Kier molecular flexibility index (Phi) is 11.6. The summed E-state index contributed by atoms with van der Waals surface area (Å²) in [6, 6.07) is -3.90. The molecule has 4 atom stereocenters. The second kappa shape index (κ2) is 13.4. The molecule has 0 radical (unpaired) electrons. The number of carbonyl (C=O) groups excluding carboxylic acids is 3. The molecule has 1 rings (SSSR count). The Labute approximate surface area is 175 Å². The van der Waals surface area contributed by atoms with Crippen LogP contribution in [-0.2, 0) is 19.2 Å². The number of nitrogens with one attached hydrogen (secondary N) is 4. The maximum absolute atomic E-state index is 12.4. The zero-order valence-electron chi connectivity index (χ0n) is 16.2. The number of nitrogens with two attached hydrogens (primary N) is 1. The lowest BCUT2D eigenvalue weighted by Gasteiger charge is -2.23. The molecular weight excluding hydrogens is 402 g/mol. The van der Waals surface area contributed by atoms with E-state index in [-0.39, 0.29) is 12.2 Å². The molecule has 12 heteroatoms. The van der Waals surface area contributed by atoms with Gasteiger partial charge in [-0.05, 0) is 45.2 Å². The molecule has 0 aromatic rings. The Bertz CT molecular complexity index is 573. The highest BCUT2D eigenvalue weighted by Crippen LogP contribution is 2.05. The van der Waals surface area contributed by atoms with Crippen LogP contribution in [-0.4, -0.2) is 83.5 Å². The lowest BCUT2D eigenvalue weighted by molar-refractivity contribution is -0.142. The number of carboxylic acids is 1. The third kappa shape index (κ3) is 8.56. The molecule has 0 spiro atoms. The van der Waals surface area contributed by atoms with E-state index in [4.69, 9.17) is 5.73 Å². The minimum Gasteiger partial charge on any atom is -0.480 e. The highest BCUT2D eigenvalue weighted by molar-refractivity contribution is 7.80. The van der Waals surface area contributed by atoms with Crippen LogP contribution in [0.15, 0.2) is 0 Å². The van der Waals surface area contributed by atoms with Crippen molar-refractivity contribution < 1.29 is 29.4 Å². The number of hydrogen-bond acceptors (Lipinski definition) is 8. The average Bonchev–Trinajstić information content (AvgIpc) is 3.23. The number of aliphatic carboxylic acids is 1. The summed E-state index contributed by atoms with van der Waals surface area (Å²) < 4.78 is 0. The number of amides is 3. The fourth-order valence-electron chi connectivity index (χ4n) is 2.86. The molecule has 1 saturated heterocycles. The number of carboxylic acid groups (broad SMARTS) is 1. The van der Waals surface area contributed by atoms with Crippen molar-refractivity contribution >= 4 is 36.3 Å². The van der Waals surface area contributed by atoms with E-state index in [2.05, 4.69) is 33.9 Å². The van der Waals surface area contributed by atoms with Crippen molar-refractivity contribution in [3.05, 3.63) is 0 Å². The van der Waals surface area contributed by atoms with Gasteiger partial charge in [0.25, 0.3) is 0 Å². The first kappa shape index (κ1) is 25.1. The summed E-state index contributed by atoms with van der Waals surface area (Å²) in [5.41, 5.74) is 5.39. The Hall–Kier alpha value is -1.89. The van der Waals surface area contributed by atoms with Gasteiger partial charge in [0.2, 0.25) is 17.7 Å². The van der Waals surface area contributed by atoms with Gasteiger partial charge in [-0.3, -0.25) is 14.4 Å². The van der Waals surface area contributed by atoms with Crippen LogP contribution in [0, 0.1) is 0 Å². The van der Waals surface area contributed by atoms with Gasteiger partial charge in [-0.1, -0.05) is 0 Å². The zero-order chi connectivity index (χ0) is 21.8. The normalized spacial score (nSPS) is 19.1. The predicted molar refractivity (Wildman–Crippen MR) is 108 cm³/mol. The van der Waals surface area contributed by atoms with E-state index >= 15 is 0 Å². The summed E-state index contributed by atoms with van der Waals surface area (Å²) in [7, 11) is 0. The van der Waals surface area contributed by atoms with Crippen molar-refractivity contribution in [2.45, 2.75) is 56.3 Å². The SMILES string of the molecule is NCCCCC(NC(=O)C(CS)NC(=O)C(CO)NC(=O)C1CCCN1)C(=O)O. The van der Waals surface area contributed by atoms with Gasteiger partial charge in [-0.25, -0.2) is 4.79 Å². The predicted octanol–water partition coefficient (Wildman–Crippen LogP) is -2.67. The van der Waals surface area contributed by atoms with Crippen molar-refractivity contribution in [3.63, 3.8) is 0 Å².